The van der Waals surface area contributed by atoms with Gasteiger partial charge in [-0.2, -0.15) is 0 Å². The van der Waals surface area contributed by atoms with Crippen LogP contribution in [0.1, 0.15) is 41.5 Å². The van der Waals surface area contributed by atoms with Crippen molar-refractivity contribution in [3.05, 3.63) is 0 Å². The maximum absolute atomic E-state index is 13.0. The summed E-state index contributed by atoms with van der Waals surface area (Å²) < 4.78 is 90.1. The number of hydrogen-bond donors (Lipinski definition) is 28. The van der Waals surface area contributed by atoms with Crippen molar-refractivity contribution in [1.29, 1.82) is 0 Å². The highest BCUT2D eigenvalue weighted by Crippen LogP contribution is 2.40. The molecule has 0 aromatic rings. The molecular formula is C64H110N4O45. The zero-order chi connectivity index (χ0) is 83.6. The van der Waals surface area contributed by atoms with Crippen LogP contribution in [0.5, 0.6) is 0 Å². The van der Waals surface area contributed by atoms with Crippen molar-refractivity contribution in [2.75, 3.05) is 66.1 Å². The molecule has 28 N–H and O–H groups in total. The van der Waals surface area contributed by atoms with Crippen LogP contribution in [0.25, 0.3) is 0 Å². The Morgan fingerprint density at radius 1 is 0.327 bits per heavy atom. The SMILES string of the molecule is CC(=O)NC1C(O)[C@H](O[C@@H]2OC(CO)[C@H](O)C(O)[C@@H]2O)[C@H](CO)O[C@H]1O[C@@H]1C(O)[C@H](O)C(CO)O[C@@H]1OCC1O[C@@H](O[C@@H]2C(CO)O[C@@H](O[C@@H]3C(CO)O[C@@H](C)[C@@H](NC(C)=O)C3O)C(NC(C)=O)[C@H]2O)[C@H](O)C(O[C@H]2O[C@H](CO)[C@@H](O)C(O)C2O[C@@H]2OC(CO)[C@@H](OOC[C@@H](O)C(O)[C@@H](O)C(C)CO)[C@H](O)C2NC(C)=O)[C@@H]1O. The Morgan fingerprint density at radius 3 is 1.09 bits per heavy atom. The summed E-state index contributed by atoms with van der Waals surface area (Å²) >= 11 is 0. The van der Waals surface area contributed by atoms with Gasteiger partial charge in [0.25, 0.3) is 0 Å². The molecule has 44 atom stereocenters. The quantitative estimate of drug-likeness (QED) is 0.0210. The Kier molecular flexibility index (Phi) is 35.6. The second-order valence-corrected chi connectivity index (χ2v) is 28.7. The third-order valence-electron chi connectivity index (χ3n) is 20.5. The summed E-state index contributed by atoms with van der Waals surface area (Å²) in [5, 5.41) is 275. The fraction of sp³-hybridized carbons (Fsp3) is 0.938. The van der Waals surface area contributed by atoms with E-state index in [1.54, 1.807) is 0 Å². The van der Waals surface area contributed by atoms with Gasteiger partial charge in [0.05, 0.1) is 71.1 Å². The summed E-state index contributed by atoms with van der Waals surface area (Å²) in [5.41, 5.74) is 0. The predicted octanol–water partition coefficient (Wildman–Crippen LogP) is -18.1. The van der Waals surface area contributed by atoms with Crippen molar-refractivity contribution in [3.63, 3.8) is 0 Å². The van der Waals surface area contributed by atoms with E-state index in [1.807, 2.05) is 0 Å². The van der Waals surface area contributed by atoms with Crippen LogP contribution in [-0.2, 0) is 100 Å². The molecule has 8 saturated heterocycles. The molecule has 8 rings (SSSR count). The first-order chi connectivity index (χ1) is 53.4. The number of ether oxygens (including phenoxy) is 15. The van der Waals surface area contributed by atoms with Crippen LogP contribution in [0.15, 0.2) is 0 Å². The van der Waals surface area contributed by atoms with Crippen molar-refractivity contribution in [2.24, 2.45) is 5.92 Å². The molecule has 0 spiro atoms. The first-order valence-corrected chi connectivity index (χ1v) is 36.4. The number of rotatable bonds is 34. The first kappa shape index (κ1) is 94.7. The Bertz CT molecular complexity index is 2940. The van der Waals surface area contributed by atoms with Gasteiger partial charge in [-0.1, -0.05) is 6.92 Å². The molecule has 113 heavy (non-hydrogen) atoms. The third-order valence-corrected chi connectivity index (χ3v) is 20.5. The molecule has 656 valence electrons. The standard InChI is InChI=1S/C64H110N4O45/c1-17(7-69)36(82)37(83)23(81)15-98-113-54-30(14-76)105-60(35(45(54)91)68-22(6)80)112-57-48(94)40(86)26(10-72)102-64(57)110-55-41(87)31(106-62(50(55)96)109-53-29(13-75)103-58(33(43(53)89)66-20(4)78)107-51-27(11-73)99-18(2)32(42(51)88)65-19(3)77)16-97-63-56(47(93)39(85)25(9-71)101-63)111-59-34(67-21(5)79)44(90)52(28(12-74)104-59)108-61-49(95)46(92)38(84)24(8-70)100-61/h17-18,23-64,69-76,81-96H,7-16H2,1-6H3,(H,65,77)(H,66,78)(H,67,79)(H,68,80)/t17?,18-,23+,24?,25?,26+,27?,28-,29?,30?,31?,32+,33?,34?,35?,36-,37?,38-,39+,40+,41+,42?,43+,44?,45+,46?,47?,48?,49-,50+,51+,52+,53+,54+,55?,56+,57?,58-,59-,60-,61-,62-,63-,64+/m0/s1. The van der Waals surface area contributed by atoms with Crippen LogP contribution in [0.4, 0.5) is 0 Å². The van der Waals surface area contributed by atoms with Crippen LogP contribution < -0.4 is 21.3 Å². The lowest BCUT2D eigenvalue weighted by Gasteiger charge is -2.51. The van der Waals surface area contributed by atoms with Crippen molar-refractivity contribution in [2.45, 2.75) is 305 Å². The molecule has 0 aromatic heterocycles. The van der Waals surface area contributed by atoms with Gasteiger partial charge < -0.3 is 215 Å². The lowest BCUT2D eigenvalue weighted by Crippen LogP contribution is -2.70. The van der Waals surface area contributed by atoms with Gasteiger partial charge in [-0.3, -0.25) is 19.2 Å². The lowest BCUT2D eigenvalue weighted by atomic mass is 9.92. The second kappa shape index (κ2) is 42.5. The third kappa shape index (κ3) is 22.1. The topological polar surface area (TPSA) is 759 Å². The molecule has 49 heteroatoms. The molecular weight excluding hydrogens is 1540 g/mol. The van der Waals surface area contributed by atoms with Crippen LogP contribution in [-0.4, -0.2) is 476 Å². The van der Waals surface area contributed by atoms with Gasteiger partial charge in [-0.15, -0.1) is 0 Å². The van der Waals surface area contributed by atoms with Crippen molar-refractivity contribution in [1.82, 2.24) is 21.3 Å². The summed E-state index contributed by atoms with van der Waals surface area (Å²) in [6, 6.07) is -6.85. The zero-order valence-electron chi connectivity index (χ0n) is 61.8. The van der Waals surface area contributed by atoms with E-state index in [0.717, 1.165) is 27.7 Å². The van der Waals surface area contributed by atoms with E-state index >= 15 is 0 Å². The Labute approximate surface area is 642 Å². The molecule has 0 bridgehead atoms. The summed E-state index contributed by atoms with van der Waals surface area (Å²) in [5.74, 6) is -4.32. The molecule has 49 nitrogen and oxygen atoms in total. The van der Waals surface area contributed by atoms with Crippen LogP contribution >= 0.6 is 0 Å². The largest absolute Gasteiger partial charge is 0.396 e. The van der Waals surface area contributed by atoms with Crippen molar-refractivity contribution < 1.29 is 223 Å². The van der Waals surface area contributed by atoms with Gasteiger partial charge >= 0.3 is 0 Å². The molecule has 8 heterocycles. The van der Waals surface area contributed by atoms with Crippen molar-refractivity contribution in [3.8, 4) is 0 Å². The number of amides is 4. The minimum atomic E-state index is -2.54. The van der Waals surface area contributed by atoms with Gasteiger partial charge in [0.2, 0.25) is 23.6 Å². The highest BCUT2D eigenvalue weighted by atomic mass is 17.2. The predicted molar refractivity (Wildman–Crippen MR) is 353 cm³/mol. The van der Waals surface area contributed by atoms with E-state index in [0.29, 0.717) is 0 Å². The average Bonchev–Trinajstić information content (AvgIpc) is 0.775. The van der Waals surface area contributed by atoms with Crippen LogP contribution in [0.2, 0.25) is 0 Å². The minimum Gasteiger partial charge on any atom is -0.396 e. The van der Waals surface area contributed by atoms with Crippen LogP contribution in [0.3, 0.4) is 0 Å². The van der Waals surface area contributed by atoms with Gasteiger partial charge in [-0.25, -0.2) is 9.78 Å². The number of aliphatic hydroxyl groups excluding tert-OH is 24. The number of carbonyl (C=O) groups is 4. The highest BCUT2D eigenvalue weighted by molar-refractivity contribution is 5.74. The number of hydrogen-bond acceptors (Lipinski definition) is 45. The fourth-order valence-electron chi connectivity index (χ4n) is 14.3. The van der Waals surface area contributed by atoms with Gasteiger partial charge in [-0.05, 0) is 6.92 Å². The van der Waals surface area contributed by atoms with E-state index in [9.17, 15) is 142 Å². The molecule has 0 saturated carbocycles. The van der Waals surface area contributed by atoms with E-state index in [2.05, 4.69) is 21.3 Å². The zero-order valence-corrected chi connectivity index (χ0v) is 61.8. The highest BCUT2D eigenvalue weighted by Gasteiger charge is 2.60. The Hall–Kier alpha value is -3.76. The molecule has 8 fully saturated rings. The summed E-state index contributed by atoms with van der Waals surface area (Å²) in [7, 11) is 0. The minimum absolute atomic E-state index is 0.605. The van der Waals surface area contributed by atoms with E-state index < -0.39 is 359 Å². The molecule has 18 unspecified atom stereocenters. The average molecular weight is 1660 g/mol. The molecule has 0 aromatic carbocycles. The normalized spacial score (nSPS) is 45.6. The number of nitrogens with one attached hydrogen (secondary N) is 4. The second-order valence-electron chi connectivity index (χ2n) is 28.7. The molecule has 0 radical (unpaired) electrons. The Balaban J connectivity index is 1.13. The molecule has 4 amide bonds. The van der Waals surface area contributed by atoms with E-state index in [-0.39, 0.29) is 0 Å². The Morgan fingerprint density at radius 2 is 0.655 bits per heavy atom. The van der Waals surface area contributed by atoms with Crippen LogP contribution in [0, 0.1) is 5.92 Å². The van der Waals surface area contributed by atoms with Gasteiger partial charge in [0.15, 0.2) is 44.0 Å². The fourth-order valence-corrected chi connectivity index (χ4v) is 14.3. The van der Waals surface area contributed by atoms with Gasteiger partial charge in [0.1, 0.15) is 208 Å². The molecule has 8 aliphatic heterocycles. The van der Waals surface area contributed by atoms with Crippen molar-refractivity contribution >= 4 is 23.6 Å². The number of carbonyl (C=O) groups excluding carboxylic acids is 4. The summed E-state index contributed by atoms with van der Waals surface area (Å²) in [6.07, 6.45) is -78.5. The van der Waals surface area contributed by atoms with E-state index in [4.69, 9.17) is 80.8 Å². The van der Waals surface area contributed by atoms with E-state index in [1.165, 1.54) is 13.8 Å². The number of aliphatic hydroxyl groups is 24. The van der Waals surface area contributed by atoms with Gasteiger partial charge in [0, 0.05) is 40.2 Å². The smallest absolute Gasteiger partial charge is 0.217 e. The lowest BCUT2D eigenvalue weighted by molar-refractivity contribution is -0.411. The molecule has 8 aliphatic rings. The summed E-state index contributed by atoms with van der Waals surface area (Å²) in [6.45, 7) is -3.32. The maximum Gasteiger partial charge on any atom is 0.217 e. The maximum atomic E-state index is 13.0. The monoisotopic (exact) mass is 1650 g/mol. The summed E-state index contributed by atoms with van der Waals surface area (Å²) in [4.78, 5) is 61.4. The first-order valence-electron chi connectivity index (χ1n) is 36.4. The molecule has 0 aliphatic carbocycles.